The fraction of sp³-hybridized carbons (Fsp3) is 1.00. The summed E-state index contributed by atoms with van der Waals surface area (Å²) in [6, 6.07) is 0. The summed E-state index contributed by atoms with van der Waals surface area (Å²) in [6.45, 7) is 10.2. The van der Waals surface area contributed by atoms with Gasteiger partial charge < -0.3 is 19.3 Å². The summed E-state index contributed by atoms with van der Waals surface area (Å²) in [6.07, 6.45) is -0.322. The van der Waals surface area contributed by atoms with E-state index >= 15 is 0 Å². The van der Waals surface area contributed by atoms with E-state index in [2.05, 4.69) is 20.8 Å². The normalized spacial score (nSPS) is 45.0. The molecule has 17 heavy (non-hydrogen) atoms. The van der Waals surface area contributed by atoms with E-state index < -0.39 is 12.1 Å². The van der Waals surface area contributed by atoms with E-state index in [0.29, 0.717) is 5.92 Å². The second-order valence-corrected chi connectivity index (χ2v) is 6.12. The van der Waals surface area contributed by atoms with Gasteiger partial charge in [-0.05, 0) is 26.2 Å². The third-order valence-electron chi connectivity index (χ3n) is 3.57. The Morgan fingerprint density at radius 1 is 1.18 bits per heavy atom. The molecule has 0 spiro atoms. The fourth-order valence-electron chi connectivity index (χ4n) is 2.77. The van der Waals surface area contributed by atoms with Gasteiger partial charge in [-0.3, -0.25) is 0 Å². The van der Waals surface area contributed by atoms with Gasteiger partial charge in [0.2, 0.25) is 0 Å². The molecule has 0 bridgehead atoms. The molecule has 0 saturated carbocycles. The molecule has 0 radical (unpaired) electrons. The minimum absolute atomic E-state index is 0.0451. The third-order valence-corrected chi connectivity index (χ3v) is 3.57. The SMILES string of the molecule is CC(C)C[C@@H]1OC(O)[C@@H]2OC(C)(C)O[C@@H]2[C@H]1C. The van der Waals surface area contributed by atoms with Gasteiger partial charge in [-0.1, -0.05) is 20.8 Å². The van der Waals surface area contributed by atoms with Gasteiger partial charge in [-0.25, -0.2) is 0 Å². The minimum Gasteiger partial charge on any atom is -0.366 e. The first-order valence-corrected chi connectivity index (χ1v) is 6.49. The molecular weight excluding hydrogens is 220 g/mol. The zero-order chi connectivity index (χ0) is 12.8. The van der Waals surface area contributed by atoms with Crippen LogP contribution in [0.5, 0.6) is 0 Å². The first kappa shape index (κ1) is 13.3. The van der Waals surface area contributed by atoms with E-state index in [9.17, 15) is 5.11 Å². The number of hydrogen-bond donors (Lipinski definition) is 1. The molecule has 0 aliphatic carbocycles. The molecule has 0 aromatic heterocycles. The lowest BCUT2D eigenvalue weighted by molar-refractivity contribution is -0.245. The monoisotopic (exact) mass is 244 g/mol. The molecule has 5 atom stereocenters. The van der Waals surface area contributed by atoms with Crippen molar-refractivity contribution in [2.75, 3.05) is 0 Å². The van der Waals surface area contributed by atoms with Crippen LogP contribution in [0.1, 0.15) is 41.0 Å². The minimum atomic E-state index is -0.873. The standard InChI is InChI=1S/C13H24O4/c1-7(2)6-9-8(3)10-11(12(14)15-9)17-13(4,5)16-10/h7-12,14H,6H2,1-5H3/t8-,9-,10+,11+,12?/m0/s1. The lowest BCUT2D eigenvalue weighted by Crippen LogP contribution is -2.52. The predicted octanol–water partition coefficient (Wildman–Crippen LogP) is 1.91. The van der Waals surface area contributed by atoms with Crippen LogP contribution in [0.2, 0.25) is 0 Å². The van der Waals surface area contributed by atoms with Crippen LogP contribution in [0, 0.1) is 11.8 Å². The van der Waals surface area contributed by atoms with Crippen molar-refractivity contribution in [2.45, 2.75) is 71.4 Å². The lowest BCUT2D eigenvalue weighted by atomic mass is 9.86. The van der Waals surface area contributed by atoms with Gasteiger partial charge in [0.15, 0.2) is 12.1 Å². The zero-order valence-electron chi connectivity index (χ0n) is 11.3. The maximum atomic E-state index is 9.99. The third kappa shape index (κ3) is 2.65. The molecule has 2 aliphatic rings. The first-order chi connectivity index (χ1) is 7.80. The van der Waals surface area contributed by atoms with Crippen molar-refractivity contribution in [2.24, 2.45) is 11.8 Å². The highest BCUT2D eigenvalue weighted by atomic mass is 16.8. The number of rotatable bonds is 2. The molecule has 1 N–H and O–H groups in total. The van der Waals surface area contributed by atoms with Crippen molar-refractivity contribution >= 4 is 0 Å². The molecule has 1 unspecified atom stereocenters. The largest absolute Gasteiger partial charge is 0.366 e. The summed E-state index contributed by atoms with van der Waals surface area (Å²) in [4.78, 5) is 0. The summed E-state index contributed by atoms with van der Waals surface area (Å²) in [5.41, 5.74) is 0. The van der Waals surface area contributed by atoms with E-state index in [-0.39, 0.29) is 24.2 Å². The molecular formula is C13H24O4. The van der Waals surface area contributed by atoms with Crippen molar-refractivity contribution in [1.29, 1.82) is 0 Å². The molecule has 2 saturated heterocycles. The summed E-state index contributed by atoms with van der Waals surface area (Å²) < 4.78 is 17.2. The number of fused-ring (bicyclic) bond motifs is 1. The van der Waals surface area contributed by atoms with Crippen LogP contribution in [-0.4, -0.2) is 35.5 Å². The van der Waals surface area contributed by atoms with Gasteiger partial charge in [-0.2, -0.15) is 0 Å². The molecule has 2 rings (SSSR count). The number of hydrogen-bond acceptors (Lipinski definition) is 4. The van der Waals surface area contributed by atoms with E-state index in [1.165, 1.54) is 0 Å². The smallest absolute Gasteiger partial charge is 0.184 e. The molecule has 4 nitrogen and oxygen atoms in total. The number of ether oxygens (including phenoxy) is 3. The lowest BCUT2D eigenvalue weighted by Gasteiger charge is -2.39. The highest BCUT2D eigenvalue weighted by Crippen LogP contribution is 2.40. The van der Waals surface area contributed by atoms with Gasteiger partial charge in [0.1, 0.15) is 6.10 Å². The van der Waals surface area contributed by atoms with E-state index in [1.807, 2.05) is 13.8 Å². The molecule has 2 fully saturated rings. The van der Waals surface area contributed by atoms with Crippen molar-refractivity contribution in [1.82, 2.24) is 0 Å². The second-order valence-electron chi connectivity index (χ2n) is 6.12. The van der Waals surface area contributed by atoms with Crippen LogP contribution in [0.25, 0.3) is 0 Å². The molecule has 100 valence electrons. The fourth-order valence-corrected chi connectivity index (χ4v) is 2.77. The second kappa shape index (κ2) is 4.50. The Morgan fingerprint density at radius 3 is 2.35 bits per heavy atom. The molecule has 4 heteroatoms. The van der Waals surface area contributed by atoms with Crippen molar-refractivity contribution in [3.05, 3.63) is 0 Å². The zero-order valence-corrected chi connectivity index (χ0v) is 11.3. The Balaban J connectivity index is 2.10. The van der Waals surface area contributed by atoms with E-state index in [4.69, 9.17) is 14.2 Å². The first-order valence-electron chi connectivity index (χ1n) is 6.49. The van der Waals surface area contributed by atoms with Crippen LogP contribution in [0.15, 0.2) is 0 Å². The van der Waals surface area contributed by atoms with Crippen LogP contribution >= 0.6 is 0 Å². The van der Waals surface area contributed by atoms with Crippen molar-refractivity contribution in [3.8, 4) is 0 Å². The highest BCUT2D eigenvalue weighted by molar-refractivity contribution is 4.93. The van der Waals surface area contributed by atoms with E-state index in [1.54, 1.807) is 0 Å². The summed E-state index contributed by atoms with van der Waals surface area (Å²) in [5.74, 6) is 0.162. The van der Waals surface area contributed by atoms with Crippen molar-refractivity contribution < 1.29 is 19.3 Å². The van der Waals surface area contributed by atoms with Gasteiger partial charge in [0.05, 0.1) is 12.2 Å². The Kier molecular flexibility index (Phi) is 3.51. The molecule has 0 aromatic carbocycles. The number of aliphatic hydroxyl groups excluding tert-OH is 1. The summed E-state index contributed by atoms with van der Waals surface area (Å²) in [7, 11) is 0. The molecule has 0 amide bonds. The Labute approximate surface area is 103 Å². The van der Waals surface area contributed by atoms with E-state index in [0.717, 1.165) is 6.42 Å². The van der Waals surface area contributed by atoms with Crippen LogP contribution < -0.4 is 0 Å². The summed E-state index contributed by atoms with van der Waals surface area (Å²) >= 11 is 0. The van der Waals surface area contributed by atoms with Gasteiger partial charge in [-0.15, -0.1) is 0 Å². The Morgan fingerprint density at radius 2 is 1.76 bits per heavy atom. The average Bonchev–Trinajstić information content (AvgIpc) is 2.50. The van der Waals surface area contributed by atoms with Gasteiger partial charge in [0, 0.05) is 5.92 Å². The molecule has 2 aliphatic heterocycles. The average molecular weight is 244 g/mol. The van der Waals surface area contributed by atoms with Crippen LogP contribution in [0.3, 0.4) is 0 Å². The van der Waals surface area contributed by atoms with Crippen LogP contribution in [0.4, 0.5) is 0 Å². The van der Waals surface area contributed by atoms with Crippen LogP contribution in [-0.2, 0) is 14.2 Å². The maximum absolute atomic E-state index is 9.99. The van der Waals surface area contributed by atoms with Gasteiger partial charge in [0.25, 0.3) is 0 Å². The quantitative estimate of drug-likeness (QED) is 0.806. The molecule has 2 heterocycles. The Bertz CT molecular complexity index is 277. The number of aliphatic hydroxyl groups is 1. The molecule has 0 aromatic rings. The Hall–Kier alpha value is -0.160. The van der Waals surface area contributed by atoms with Gasteiger partial charge >= 0.3 is 0 Å². The highest BCUT2D eigenvalue weighted by Gasteiger charge is 2.53. The predicted molar refractivity (Wildman–Crippen MR) is 63.3 cm³/mol. The summed E-state index contributed by atoms with van der Waals surface area (Å²) in [5, 5.41) is 9.99. The maximum Gasteiger partial charge on any atom is 0.184 e. The topological polar surface area (TPSA) is 47.9 Å². The van der Waals surface area contributed by atoms with Crippen molar-refractivity contribution in [3.63, 3.8) is 0 Å².